The second kappa shape index (κ2) is 11.0. The van der Waals surface area contributed by atoms with Gasteiger partial charge in [0.05, 0.1) is 4.91 Å². The Morgan fingerprint density at radius 3 is 2.59 bits per heavy atom. The van der Waals surface area contributed by atoms with Gasteiger partial charge in [-0.05, 0) is 72.5 Å². The monoisotopic (exact) mass is 562 g/mol. The lowest BCUT2D eigenvalue weighted by Gasteiger charge is -2.31. The molecule has 0 radical (unpaired) electrons. The minimum Gasteiger partial charge on any atom is -0.488 e. The minimum absolute atomic E-state index is 0.190. The molecular formula is C25H24BrClN2O4S. The van der Waals surface area contributed by atoms with Crippen LogP contribution >= 0.6 is 39.3 Å². The molecular weight excluding hydrogens is 540 g/mol. The van der Waals surface area contributed by atoms with Gasteiger partial charge in [0.25, 0.3) is 11.1 Å². The molecule has 2 aromatic rings. The first-order valence-corrected chi connectivity index (χ1v) is 13.0. The molecule has 9 heteroatoms. The van der Waals surface area contributed by atoms with Crippen LogP contribution in [0.2, 0.25) is 5.02 Å². The number of benzene rings is 2. The first-order valence-electron chi connectivity index (χ1n) is 11.0. The molecule has 2 aliphatic heterocycles. The third-order valence-electron chi connectivity index (χ3n) is 5.87. The van der Waals surface area contributed by atoms with Crippen LogP contribution in [0.3, 0.4) is 0 Å². The molecule has 2 fully saturated rings. The first-order chi connectivity index (χ1) is 16.3. The van der Waals surface area contributed by atoms with Crippen molar-refractivity contribution in [1.29, 1.82) is 0 Å². The van der Waals surface area contributed by atoms with Gasteiger partial charge in [-0.15, -0.1) is 0 Å². The third-order valence-corrected chi connectivity index (χ3v) is 7.52. The number of amides is 3. The average Bonchev–Trinajstić information content (AvgIpc) is 3.07. The molecule has 6 nitrogen and oxygen atoms in total. The lowest BCUT2D eigenvalue weighted by Crippen LogP contribution is -2.45. The summed E-state index contributed by atoms with van der Waals surface area (Å²) in [6, 6.07) is 12.8. The van der Waals surface area contributed by atoms with Crippen LogP contribution in [0.4, 0.5) is 4.79 Å². The molecule has 2 aromatic carbocycles. The maximum Gasteiger partial charge on any atom is 0.294 e. The molecule has 4 rings (SSSR count). The van der Waals surface area contributed by atoms with Gasteiger partial charge in [-0.2, -0.15) is 0 Å². The standard InChI is InChI=1S/C25H24BrClN2O4S/c1-16-8-10-28(11-9-16)23(30)14-29-24(31)22(34-25(29)32)13-18-12-19(26)4-7-21(18)33-15-17-2-5-20(27)6-3-17/h2-7,12-13,16H,8-11,14-15H2,1H3/b22-13+. The fraction of sp³-hybridized carbons (Fsp3) is 0.320. The topological polar surface area (TPSA) is 66.9 Å². The van der Waals surface area contributed by atoms with Gasteiger partial charge in [-0.25, -0.2) is 0 Å². The molecule has 0 atom stereocenters. The first kappa shape index (κ1) is 24.8. The van der Waals surface area contributed by atoms with Crippen LogP contribution in [0.15, 0.2) is 51.8 Å². The van der Waals surface area contributed by atoms with Gasteiger partial charge in [-0.1, -0.05) is 46.6 Å². The van der Waals surface area contributed by atoms with E-state index in [9.17, 15) is 14.4 Å². The van der Waals surface area contributed by atoms with Gasteiger partial charge in [0.1, 0.15) is 18.9 Å². The molecule has 34 heavy (non-hydrogen) atoms. The maximum absolute atomic E-state index is 13.0. The Kier molecular flexibility index (Phi) is 8.01. The summed E-state index contributed by atoms with van der Waals surface area (Å²) in [6.45, 7) is 3.59. The van der Waals surface area contributed by atoms with E-state index in [4.69, 9.17) is 16.3 Å². The fourth-order valence-corrected chi connectivity index (χ4v) is 5.11. The zero-order chi connectivity index (χ0) is 24.2. The Hall–Kier alpha value is -2.29. The van der Waals surface area contributed by atoms with Crippen molar-refractivity contribution in [3.63, 3.8) is 0 Å². The van der Waals surface area contributed by atoms with E-state index in [0.717, 1.165) is 39.5 Å². The average molecular weight is 564 g/mol. The summed E-state index contributed by atoms with van der Waals surface area (Å²) in [6.07, 6.45) is 3.52. The summed E-state index contributed by atoms with van der Waals surface area (Å²) in [4.78, 5) is 41.2. The van der Waals surface area contributed by atoms with Crippen molar-refractivity contribution in [2.24, 2.45) is 5.92 Å². The number of carbonyl (C=O) groups excluding carboxylic acids is 3. The quantitative estimate of drug-likeness (QED) is 0.405. The van der Waals surface area contributed by atoms with E-state index >= 15 is 0 Å². The second-order valence-electron chi connectivity index (χ2n) is 8.43. The van der Waals surface area contributed by atoms with Crippen molar-refractivity contribution in [3.8, 4) is 5.75 Å². The molecule has 0 saturated carbocycles. The largest absolute Gasteiger partial charge is 0.488 e. The van der Waals surface area contributed by atoms with Crippen LogP contribution in [0.1, 0.15) is 30.9 Å². The summed E-state index contributed by atoms with van der Waals surface area (Å²) >= 11 is 10.2. The van der Waals surface area contributed by atoms with Crippen molar-refractivity contribution in [2.75, 3.05) is 19.6 Å². The Morgan fingerprint density at radius 1 is 1.18 bits per heavy atom. The van der Waals surface area contributed by atoms with Crippen LogP contribution in [-0.2, 0) is 16.2 Å². The number of likely N-dealkylation sites (tertiary alicyclic amines) is 1. The number of carbonyl (C=O) groups is 3. The van der Waals surface area contributed by atoms with Crippen LogP contribution in [-0.4, -0.2) is 46.5 Å². The molecule has 0 aliphatic carbocycles. The van der Waals surface area contributed by atoms with Crippen LogP contribution < -0.4 is 4.74 Å². The van der Waals surface area contributed by atoms with Gasteiger partial charge < -0.3 is 9.64 Å². The van der Waals surface area contributed by atoms with E-state index in [1.807, 2.05) is 24.3 Å². The third kappa shape index (κ3) is 6.03. The van der Waals surface area contributed by atoms with Gasteiger partial charge in [0.15, 0.2) is 0 Å². The molecule has 0 bridgehead atoms. The summed E-state index contributed by atoms with van der Waals surface area (Å²) < 4.78 is 6.79. The molecule has 0 unspecified atom stereocenters. The lowest BCUT2D eigenvalue weighted by atomic mass is 9.99. The van der Waals surface area contributed by atoms with Crippen molar-refractivity contribution in [3.05, 3.63) is 68.0 Å². The highest BCUT2D eigenvalue weighted by atomic mass is 79.9. The van der Waals surface area contributed by atoms with Crippen molar-refractivity contribution < 1.29 is 19.1 Å². The van der Waals surface area contributed by atoms with Crippen molar-refractivity contribution >= 4 is 62.4 Å². The number of halogens is 2. The maximum atomic E-state index is 13.0. The lowest BCUT2D eigenvalue weighted by molar-refractivity contribution is -0.136. The highest BCUT2D eigenvalue weighted by Gasteiger charge is 2.37. The van der Waals surface area contributed by atoms with Crippen LogP contribution in [0, 0.1) is 5.92 Å². The Balaban J connectivity index is 1.47. The molecule has 2 aliphatic rings. The summed E-state index contributed by atoms with van der Waals surface area (Å²) in [5, 5.41) is 0.214. The van der Waals surface area contributed by atoms with Crippen molar-refractivity contribution in [1.82, 2.24) is 9.80 Å². The minimum atomic E-state index is -0.461. The van der Waals surface area contributed by atoms with Gasteiger partial charge in [0.2, 0.25) is 5.91 Å². The van der Waals surface area contributed by atoms with E-state index < -0.39 is 11.1 Å². The zero-order valence-electron chi connectivity index (χ0n) is 18.6. The SMILES string of the molecule is CC1CCN(C(=O)CN2C(=O)S/C(=C/c3cc(Br)ccc3OCc3ccc(Cl)cc3)C2=O)CC1. The number of rotatable bonds is 6. The number of ether oxygens (including phenoxy) is 1. The molecule has 0 spiro atoms. The van der Waals surface area contributed by atoms with Crippen LogP contribution in [0.25, 0.3) is 6.08 Å². The van der Waals surface area contributed by atoms with E-state index in [0.29, 0.717) is 41.9 Å². The van der Waals surface area contributed by atoms with Crippen LogP contribution in [0.5, 0.6) is 5.75 Å². The smallest absolute Gasteiger partial charge is 0.294 e. The number of hydrogen-bond donors (Lipinski definition) is 0. The van der Waals surface area contributed by atoms with Gasteiger partial charge >= 0.3 is 0 Å². The predicted molar refractivity (Wildman–Crippen MR) is 138 cm³/mol. The number of hydrogen-bond acceptors (Lipinski definition) is 5. The highest BCUT2D eigenvalue weighted by Crippen LogP contribution is 2.35. The number of thioether (sulfide) groups is 1. The Morgan fingerprint density at radius 2 is 1.88 bits per heavy atom. The molecule has 3 amide bonds. The van der Waals surface area contributed by atoms with E-state index in [1.165, 1.54) is 0 Å². The Bertz CT molecular complexity index is 1130. The molecule has 0 aromatic heterocycles. The van der Waals surface area contributed by atoms with E-state index in [-0.39, 0.29) is 17.4 Å². The summed E-state index contributed by atoms with van der Waals surface area (Å²) in [5.41, 5.74) is 1.61. The summed E-state index contributed by atoms with van der Waals surface area (Å²) in [7, 11) is 0. The predicted octanol–water partition coefficient (Wildman–Crippen LogP) is 5.98. The Labute approximate surface area is 216 Å². The van der Waals surface area contributed by atoms with Crippen molar-refractivity contribution in [2.45, 2.75) is 26.4 Å². The second-order valence-corrected chi connectivity index (χ2v) is 10.8. The number of piperidine rings is 1. The molecule has 2 saturated heterocycles. The van der Waals surface area contributed by atoms with E-state index in [1.54, 1.807) is 29.2 Å². The fourth-order valence-electron chi connectivity index (χ4n) is 3.78. The van der Waals surface area contributed by atoms with Gasteiger partial charge in [0, 0.05) is 28.1 Å². The normalized spacial score (nSPS) is 18.1. The summed E-state index contributed by atoms with van der Waals surface area (Å²) in [5.74, 6) is 0.510. The van der Waals surface area contributed by atoms with E-state index in [2.05, 4.69) is 22.9 Å². The highest BCUT2D eigenvalue weighted by molar-refractivity contribution is 9.10. The molecule has 2 heterocycles. The molecule has 178 valence electrons. The molecule has 0 N–H and O–H groups in total. The van der Waals surface area contributed by atoms with Gasteiger partial charge in [-0.3, -0.25) is 19.3 Å². The number of imide groups is 1. The zero-order valence-corrected chi connectivity index (χ0v) is 21.8. The number of nitrogens with zero attached hydrogens (tertiary/aromatic N) is 2.